The summed E-state index contributed by atoms with van der Waals surface area (Å²) in [6.07, 6.45) is 9.70. The van der Waals surface area contributed by atoms with Crippen molar-refractivity contribution < 1.29 is 14.3 Å². The van der Waals surface area contributed by atoms with Gasteiger partial charge in [0.05, 0.1) is 0 Å². The SMILES string of the molecule is Cc1ccc(OCC(=O)N2CCC(C(=O)NCCC3=CCCCC3)CC2)cc1. The van der Waals surface area contributed by atoms with Crippen LogP contribution >= 0.6 is 0 Å². The molecule has 0 aromatic heterocycles. The Morgan fingerprint density at radius 3 is 2.57 bits per heavy atom. The highest BCUT2D eigenvalue weighted by atomic mass is 16.5. The summed E-state index contributed by atoms with van der Waals surface area (Å²) in [7, 11) is 0. The zero-order valence-corrected chi connectivity index (χ0v) is 16.9. The molecule has 152 valence electrons. The predicted octanol–water partition coefficient (Wildman–Crippen LogP) is 3.62. The van der Waals surface area contributed by atoms with Crippen LogP contribution in [0.25, 0.3) is 0 Å². The molecule has 0 atom stereocenters. The van der Waals surface area contributed by atoms with Crippen LogP contribution in [0.15, 0.2) is 35.9 Å². The summed E-state index contributed by atoms with van der Waals surface area (Å²) < 4.78 is 5.59. The lowest BCUT2D eigenvalue weighted by atomic mass is 9.95. The fourth-order valence-corrected chi connectivity index (χ4v) is 3.88. The van der Waals surface area contributed by atoms with Crippen LogP contribution in [0.3, 0.4) is 0 Å². The van der Waals surface area contributed by atoms with Crippen LogP contribution in [0, 0.1) is 12.8 Å². The van der Waals surface area contributed by atoms with Crippen molar-refractivity contribution in [2.75, 3.05) is 26.2 Å². The summed E-state index contributed by atoms with van der Waals surface area (Å²) in [5.74, 6) is 0.853. The molecule has 1 aliphatic carbocycles. The molecule has 0 radical (unpaired) electrons. The summed E-state index contributed by atoms with van der Waals surface area (Å²) >= 11 is 0. The molecule has 5 heteroatoms. The van der Waals surface area contributed by atoms with E-state index >= 15 is 0 Å². The number of rotatable bonds is 7. The fraction of sp³-hybridized carbons (Fsp3) is 0.565. The Morgan fingerprint density at radius 2 is 1.89 bits per heavy atom. The van der Waals surface area contributed by atoms with Gasteiger partial charge in [0.25, 0.3) is 5.91 Å². The molecule has 1 aromatic carbocycles. The number of carbonyl (C=O) groups is 2. The van der Waals surface area contributed by atoms with Crippen LogP contribution < -0.4 is 10.1 Å². The van der Waals surface area contributed by atoms with Gasteiger partial charge < -0.3 is 15.0 Å². The third-order valence-electron chi connectivity index (χ3n) is 5.73. The van der Waals surface area contributed by atoms with Crippen LogP contribution in [0.5, 0.6) is 5.75 Å². The first-order chi connectivity index (χ1) is 13.6. The van der Waals surface area contributed by atoms with E-state index in [1.165, 1.54) is 31.3 Å². The first-order valence-electron chi connectivity index (χ1n) is 10.5. The minimum Gasteiger partial charge on any atom is -0.484 e. The van der Waals surface area contributed by atoms with Gasteiger partial charge in [-0.05, 0) is 64.0 Å². The maximum absolute atomic E-state index is 12.4. The number of hydrogen-bond acceptors (Lipinski definition) is 3. The van der Waals surface area contributed by atoms with Gasteiger partial charge in [0.1, 0.15) is 5.75 Å². The van der Waals surface area contributed by atoms with Crippen molar-refractivity contribution in [2.45, 2.75) is 51.9 Å². The number of carbonyl (C=O) groups excluding carboxylic acids is 2. The molecule has 0 unspecified atom stereocenters. The first-order valence-corrected chi connectivity index (χ1v) is 10.5. The van der Waals surface area contributed by atoms with Crippen molar-refractivity contribution in [1.29, 1.82) is 0 Å². The second kappa shape index (κ2) is 10.3. The van der Waals surface area contributed by atoms with Crippen molar-refractivity contribution >= 4 is 11.8 Å². The molecule has 5 nitrogen and oxygen atoms in total. The van der Waals surface area contributed by atoms with Crippen molar-refractivity contribution in [1.82, 2.24) is 10.2 Å². The second-order valence-electron chi connectivity index (χ2n) is 7.91. The number of benzene rings is 1. The summed E-state index contributed by atoms with van der Waals surface area (Å²) in [5.41, 5.74) is 2.65. The average Bonchev–Trinajstić information content (AvgIpc) is 2.74. The van der Waals surface area contributed by atoms with Crippen LogP contribution in [0.2, 0.25) is 0 Å². The number of hydrogen-bond donors (Lipinski definition) is 1. The van der Waals surface area contributed by atoms with Crippen molar-refractivity contribution in [3.05, 3.63) is 41.5 Å². The zero-order valence-electron chi connectivity index (χ0n) is 16.9. The zero-order chi connectivity index (χ0) is 19.8. The molecule has 0 spiro atoms. The molecule has 1 saturated heterocycles. The van der Waals surface area contributed by atoms with Crippen LogP contribution in [0.4, 0.5) is 0 Å². The predicted molar refractivity (Wildman–Crippen MR) is 110 cm³/mol. The lowest BCUT2D eigenvalue weighted by Gasteiger charge is -2.31. The smallest absolute Gasteiger partial charge is 0.260 e. The van der Waals surface area contributed by atoms with Crippen molar-refractivity contribution in [3.8, 4) is 5.75 Å². The van der Waals surface area contributed by atoms with Gasteiger partial charge in [-0.25, -0.2) is 0 Å². The Morgan fingerprint density at radius 1 is 1.14 bits per heavy atom. The summed E-state index contributed by atoms with van der Waals surface area (Å²) in [4.78, 5) is 26.6. The molecule has 1 N–H and O–H groups in total. The Hall–Kier alpha value is -2.30. The number of amides is 2. The van der Waals surface area contributed by atoms with Crippen LogP contribution in [-0.4, -0.2) is 43.0 Å². The van der Waals surface area contributed by atoms with Gasteiger partial charge in [0.2, 0.25) is 5.91 Å². The number of allylic oxidation sites excluding steroid dienone is 1. The maximum atomic E-state index is 12.4. The Labute approximate surface area is 168 Å². The Bertz CT molecular complexity index is 688. The van der Waals surface area contributed by atoms with Gasteiger partial charge >= 0.3 is 0 Å². The molecule has 1 aromatic rings. The summed E-state index contributed by atoms with van der Waals surface area (Å²) in [5, 5.41) is 3.09. The maximum Gasteiger partial charge on any atom is 0.260 e. The first kappa shape index (κ1) is 20.4. The van der Waals surface area contributed by atoms with E-state index in [4.69, 9.17) is 4.74 Å². The van der Waals surface area contributed by atoms with Gasteiger partial charge in [-0.15, -0.1) is 0 Å². The van der Waals surface area contributed by atoms with Gasteiger partial charge in [-0.2, -0.15) is 0 Å². The van der Waals surface area contributed by atoms with E-state index in [9.17, 15) is 9.59 Å². The number of nitrogens with one attached hydrogen (secondary N) is 1. The highest BCUT2D eigenvalue weighted by Gasteiger charge is 2.27. The Kier molecular flexibility index (Phi) is 7.52. The molecular formula is C23H32N2O3. The minimum absolute atomic E-state index is 0.0105. The second-order valence-corrected chi connectivity index (χ2v) is 7.91. The molecule has 1 heterocycles. The normalized spacial score (nSPS) is 17.8. The molecule has 2 amide bonds. The topological polar surface area (TPSA) is 58.6 Å². The molecular weight excluding hydrogens is 352 g/mol. The third-order valence-corrected chi connectivity index (χ3v) is 5.73. The van der Waals surface area contributed by atoms with E-state index < -0.39 is 0 Å². The third kappa shape index (κ3) is 6.11. The summed E-state index contributed by atoms with van der Waals surface area (Å²) in [6, 6.07) is 7.69. The molecule has 28 heavy (non-hydrogen) atoms. The summed E-state index contributed by atoms with van der Waals surface area (Å²) in [6.45, 7) is 4.05. The number of piperidine rings is 1. The monoisotopic (exact) mass is 384 g/mol. The molecule has 2 aliphatic rings. The van der Waals surface area contributed by atoms with E-state index in [0.717, 1.165) is 31.4 Å². The fourth-order valence-electron chi connectivity index (χ4n) is 3.88. The van der Waals surface area contributed by atoms with E-state index in [-0.39, 0.29) is 24.3 Å². The molecule has 0 bridgehead atoms. The van der Waals surface area contributed by atoms with Gasteiger partial charge in [-0.1, -0.05) is 29.3 Å². The number of nitrogens with zero attached hydrogens (tertiary/aromatic N) is 1. The number of likely N-dealkylation sites (tertiary alicyclic amines) is 1. The molecule has 0 saturated carbocycles. The molecule has 1 aliphatic heterocycles. The van der Waals surface area contributed by atoms with Gasteiger partial charge in [-0.3, -0.25) is 9.59 Å². The Balaban J connectivity index is 1.33. The van der Waals surface area contributed by atoms with Crippen molar-refractivity contribution in [3.63, 3.8) is 0 Å². The quantitative estimate of drug-likeness (QED) is 0.731. The van der Waals surface area contributed by atoms with Crippen molar-refractivity contribution in [2.24, 2.45) is 5.92 Å². The van der Waals surface area contributed by atoms with E-state index in [1.807, 2.05) is 36.1 Å². The lowest BCUT2D eigenvalue weighted by Crippen LogP contribution is -2.44. The van der Waals surface area contributed by atoms with E-state index in [0.29, 0.717) is 18.8 Å². The average molecular weight is 385 g/mol. The number of aryl methyl sites for hydroxylation is 1. The van der Waals surface area contributed by atoms with E-state index in [2.05, 4.69) is 11.4 Å². The van der Waals surface area contributed by atoms with E-state index in [1.54, 1.807) is 0 Å². The number of ether oxygens (including phenoxy) is 1. The molecule has 3 rings (SSSR count). The van der Waals surface area contributed by atoms with Crippen LogP contribution in [0.1, 0.15) is 50.5 Å². The largest absolute Gasteiger partial charge is 0.484 e. The highest BCUT2D eigenvalue weighted by molar-refractivity contribution is 5.80. The minimum atomic E-state index is -0.0105. The van der Waals surface area contributed by atoms with Gasteiger partial charge in [0, 0.05) is 25.6 Å². The molecule has 1 fully saturated rings. The van der Waals surface area contributed by atoms with Gasteiger partial charge in [0.15, 0.2) is 6.61 Å². The van der Waals surface area contributed by atoms with Crippen LogP contribution in [-0.2, 0) is 9.59 Å². The lowest BCUT2D eigenvalue weighted by molar-refractivity contribution is -0.137. The highest BCUT2D eigenvalue weighted by Crippen LogP contribution is 2.21. The standard InChI is InChI=1S/C23H32N2O3/c1-18-7-9-21(10-8-18)28-17-22(26)25-15-12-20(13-16-25)23(27)24-14-11-19-5-3-2-4-6-19/h5,7-10,20H,2-4,6,11-17H2,1H3,(H,24,27).